The van der Waals surface area contributed by atoms with Gasteiger partial charge < -0.3 is 0 Å². The van der Waals surface area contributed by atoms with Crippen molar-refractivity contribution in [1.82, 2.24) is 9.78 Å². The monoisotopic (exact) mass is 194 g/mol. The molecule has 3 nitrogen and oxygen atoms in total. The number of carbonyl (C=O) groups is 1. The number of nitrogens with zero attached hydrogens (tertiary/aromatic N) is 2. The number of ketones is 1. The van der Waals surface area contributed by atoms with Gasteiger partial charge in [0.25, 0.3) is 0 Å². The first kappa shape index (κ1) is 11.0. The predicted octanol–water partition coefficient (Wildman–Crippen LogP) is 1.82. The molecule has 0 N–H and O–H groups in total. The van der Waals surface area contributed by atoms with Gasteiger partial charge in [-0.05, 0) is 18.9 Å². The molecule has 78 valence electrons. The highest BCUT2D eigenvalue weighted by atomic mass is 16.1. The summed E-state index contributed by atoms with van der Waals surface area (Å²) in [4.78, 5) is 11.4. The van der Waals surface area contributed by atoms with Gasteiger partial charge in [0.15, 0.2) is 0 Å². The average Bonchev–Trinajstić information content (AvgIpc) is 2.46. The molecule has 1 rings (SSSR count). The highest BCUT2D eigenvalue weighted by molar-refractivity contribution is 5.78. The summed E-state index contributed by atoms with van der Waals surface area (Å²) >= 11 is 0. The van der Waals surface area contributed by atoms with Crippen LogP contribution in [0.3, 0.4) is 0 Å². The van der Waals surface area contributed by atoms with Gasteiger partial charge in [0.2, 0.25) is 0 Å². The van der Waals surface area contributed by atoms with Crippen LogP contribution < -0.4 is 0 Å². The minimum atomic E-state index is 0.102. The van der Waals surface area contributed by atoms with Crippen LogP contribution in [0.25, 0.3) is 0 Å². The molecule has 1 heterocycles. The van der Waals surface area contributed by atoms with Crippen molar-refractivity contribution in [3.05, 3.63) is 18.0 Å². The summed E-state index contributed by atoms with van der Waals surface area (Å²) in [6.07, 6.45) is 2.67. The van der Waals surface area contributed by atoms with Gasteiger partial charge in [0, 0.05) is 25.6 Å². The van der Waals surface area contributed by atoms with Gasteiger partial charge in [-0.15, -0.1) is 0 Å². The van der Waals surface area contributed by atoms with E-state index in [2.05, 4.69) is 18.9 Å². The van der Waals surface area contributed by atoms with Crippen LogP contribution in [0, 0.1) is 11.8 Å². The van der Waals surface area contributed by atoms with Gasteiger partial charge in [0.1, 0.15) is 5.78 Å². The molecule has 0 aliphatic heterocycles. The molecule has 3 heteroatoms. The number of aryl methyl sites for hydroxylation is 1. The number of Topliss-reactive ketones (excluding diaryl/α,β-unsaturated/α-hetero) is 1. The maximum atomic E-state index is 11.4. The molecule has 0 radical (unpaired) electrons. The standard InChI is InChI=1S/C11H18N2O/c1-8(2)11(9(3)14)7-10-5-6-13(4)12-10/h5-6,8,11H,7H2,1-4H3. The molecule has 1 aromatic heterocycles. The Kier molecular flexibility index (Phi) is 3.44. The SMILES string of the molecule is CC(=O)C(Cc1ccn(C)n1)C(C)C. The van der Waals surface area contributed by atoms with Crippen LogP contribution in [0.5, 0.6) is 0 Å². The second-order valence-corrected chi connectivity index (χ2v) is 4.15. The van der Waals surface area contributed by atoms with E-state index < -0.39 is 0 Å². The third kappa shape index (κ3) is 2.69. The molecule has 1 atom stereocenters. The van der Waals surface area contributed by atoms with E-state index in [4.69, 9.17) is 0 Å². The van der Waals surface area contributed by atoms with Crippen LogP contribution in [0.15, 0.2) is 12.3 Å². The van der Waals surface area contributed by atoms with Gasteiger partial charge in [-0.3, -0.25) is 9.48 Å². The molecule has 0 amide bonds. The Bertz CT molecular complexity index is 315. The highest BCUT2D eigenvalue weighted by Crippen LogP contribution is 2.17. The summed E-state index contributed by atoms with van der Waals surface area (Å²) in [5.74, 6) is 0.741. The summed E-state index contributed by atoms with van der Waals surface area (Å²) in [5.41, 5.74) is 1.00. The fraction of sp³-hybridized carbons (Fsp3) is 0.636. The van der Waals surface area contributed by atoms with Crippen molar-refractivity contribution in [3.63, 3.8) is 0 Å². The lowest BCUT2D eigenvalue weighted by Crippen LogP contribution is -2.20. The molecule has 0 aliphatic rings. The van der Waals surface area contributed by atoms with Crippen LogP contribution in [-0.4, -0.2) is 15.6 Å². The van der Waals surface area contributed by atoms with E-state index in [1.807, 2.05) is 19.3 Å². The first-order valence-electron chi connectivity index (χ1n) is 4.99. The highest BCUT2D eigenvalue weighted by Gasteiger charge is 2.19. The van der Waals surface area contributed by atoms with Crippen molar-refractivity contribution >= 4 is 5.78 Å². The van der Waals surface area contributed by atoms with E-state index in [-0.39, 0.29) is 11.7 Å². The summed E-state index contributed by atoms with van der Waals surface area (Å²) in [7, 11) is 1.89. The molecule has 0 aliphatic carbocycles. The number of carbonyl (C=O) groups excluding carboxylic acids is 1. The molecular formula is C11H18N2O. The molecule has 0 bridgehead atoms. The number of hydrogen-bond acceptors (Lipinski definition) is 2. The topological polar surface area (TPSA) is 34.9 Å². The van der Waals surface area contributed by atoms with Crippen LogP contribution in [0.2, 0.25) is 0 Å². The minimum absolute atomic E-state index is 0.102. The average molecular weight is 194 g/mol. The Balaban J connectivity index is 2.69. The number of aromatic nitrogens is 2. The summed E-state index contributed by atoms with van der Waals surface area (Å²) in [5, 5.41) is 4.28. The lowest BCUT2D eigenvalue weighted by atomic mass is 9.88. The Morgan fingerprint density at radius 2 is 2.21 bits per heavy atom. The number of rotatable bonds is 4. The number of hydrogen-bond donors (Lipinski definition) is 0. The third-order valence-corrected chi connectivity index (χ3v) is 2.52. The summed E-state index contributed by atoms with van der Waals surface area (Å²) in [6.45, 7) is 5.82. The van der Waals surface area contributed by atoms with E-state index in [1.54, 1.807) is 11.6 Å². The van der Waals surface area contributed by atoms with Crippen molar-refractivity contribution in [2.75, 3.05) is 0 Å². The fourth-order valence-corrected chi connectivity index (χ4v) is 1.65. The van der Waals surface area contributed by atoms with Gasteiger partial charge in [0.05, 0.1) is 5.69 Å². The van der Waals surface area contributed by atoms with Gasteiger partial charge in [-0.1, -0.05) is 13.8 Å². The maximum absolute atomic E-state index is 11.4. The Hall–Kier alpha value is -1.12. The minimum Gasteiger partial charge on any atom is -0.300 e. The first-order valence-corrected chi connectivity index (χ1v) is 4.99. The molecule has 1 aromatic rings. The zero-order valence-corrected chi connectivity index (χ0v) is 9.32. The van der Waals surface area contributed by atoms with Gasteiger partial charge >= 0.3 is 0 Å². The van der Waals surface area contributed by atoms with Crippen LogP contribution in [0.4, 0.5) is 0 Å². The Morgan fingerprint density at radius 1 is 1.57 bits per heavy atom. The molecule has 0 spiro atoms. The third-order valence-electron chi connectivity index (χ3n) is 2.52. The van der Waals surface area contributed by atoms with Crippen molar-refractivity contribution in [2.24, 2.45) is 18.9 Å². The first-order chi connectivity index (χ1) is 6.50. The lowest BCUT2D eigenvalue weighted by Gasteiger charge is -2.15. The molecule has 14 heavy (non-hydrogen) atoms. The van der Waals surface area contributed by atoms with E-state index in [0.717, 1.165) is 12.1 Å². The van der Waals surface area contributed by atoms with E-state index in [9.17, 15) is 4.79 Å². The summed E-state index contributed by atoms with van der Waals surface area (Å²) < 4.78 is 1.77. The van der Waals surface area contributed by atoms with Crippen LogP contribution in [-0.2, 0) is 18.3 Å². The van der Waals surface area contributed by atoms with E-state index in [0.29, 0.717) is 5.92 Å². The normalized spacial score (nSPS) is 13.2. The van der Waals surface area contributed by atoms with E-state index in [1.165, 1.54) is 0 Å². The molecule has 1 unspecified atom stereocenters. The lowest BCUT2D eigenvalue weighted by molar-refractivity contribution is -0.121. The predicted molar refractivity (Wildman–Crippen MR) is 55.9 cm³/mol. The maximum Gasteiger partial charge on any atom is 0.133 e. The molecule has 0 saturated carbocycles. The van der Waals surface area contributed by atoms with Crippen molar-refractivity contribution in [3.8, 4) is 0 Å². The fourth-order valence-electron chi connectivity index (χ4n) is 1.65. The van der Waals surface area contributed by atoms with Crippen molar-refractivity contribution in [1.29, 1.82) is 0 Å². The van der Waals surface area contributed by atoms with E-state index >= 15 is 0 Å². The van der Waals surface area contributed by atoms with Crippen LogP contribution in [0.1, 0.15) is 26.5 Å². The largest absolute Gasteiger partial charge is 0.300 e. The molecular weight excluding hydrogens is 176 g/mol. The molecule has 0 saturated heterocycles. The summed E-state index contributed by atoms with van der Waals surface area (Å²) in [6, 6.07) is 1.97. The second kappa shape index (κ2) is 4.40. The van der Waals surface area contributed by atoms with Crippen molar-refractivity contribution < 1.29 is 4.79 Å². The van der Waals surface area contributed by atoms with Crippen LogP contribution >= 0.6 is 0 Å². The van der Waals surface area contributed by atoms with Crippen molar-refractivity contribution in [2.45, 2.75) is 27.2 Å². The Labute approximate surface area is 85.1 Å². The zero-order chi connectivity index (χ0) is 10.7. The van der Waals surface area contributed by atoms with Gasteiger partial charge in [-0.25, -0.2) is 0 Å². The molecule has 0 fully saturated rings. The zero-order valence-electron chi connectivity index (χ0n) is 9.32. The molecule has 0 aromatic carbocycles. The van der Waals surface area contributed by atoms with Gasteiger partial charge in [-0.2, -0.15) is 5.10 Å². The second-order valence-electron chi connectivity index (χ2n) is 4.15. The quantitative estimate of drug-likeness (QED) is 0.733. The smallest absolute Gasteiger partial charge is 0.133 e. The Morgan fingerprint density at radius 3 is 2.57 bits per heavy atom.